The maximum absolute atomic E-state index is 5.66. The Morgan fingerprint density at radius 2 is 1.86 bits per heavy atom. The van der Waals surface area contributed by atoms with Crippen molar-refractivity contribution in [3.63, 3.8) is 0 Å². The lowest BCUT2D eigenvalue weighted by Gasteiger charge is -2.45. The number of benzene rings is 1. The van der Waals surface area contributed by atoms with Crippen LogP contribution in [-0.2, 0) is 0 Å². The predicted octanol–water partition coefficient (Wildman–Crippen LogP) is 3.77. The number of hydrogen-bond donors (Lipinski definition) is 1. The zero-order valence-corrected chi connectivity index (χ0v) is 14.1. The van der Waals surface area contributed by atoms with Gasteiger partial charge in [-0.25, -0.2) is 0 Å². The summed E-state index contributed by atoms with van der Waals surface area (Å²) in [5, 5.41) is 3.63. The van der Waals surface area contributed by atoms with Crippen molar-refractivity contribution in [2.45, 2.75) is 18.9 Å². The molecule has 2 nitrogen and oxygen atoms in total. The lowest BCUT2D eigenvalue weighted by atomic mass is 9.84. The third-order valence-electron chi connectivity index (χ3n) is 4.86. The van der Waals surface area contributed by atoms with Crippen molar-refractivity contribution < 1.29 is 0 Å². The van der Waals surface area contributed by atoms with Crippen molar-refractivity contribution >= 4 is 28.5 Å². The fourth-order valence-corrected chi connectivity index (χ4v) is 4.84. The van der Waals surface area contributed by atoms with E-state index in [-0.39, 0.29) is 0 Å². The SMILES string of the molecule is S=C(NC1CN2CCC1CC2)c1ccc(-c2ccccc2)s1. The molecular weight excluding hydrogens is 308 g/mol. The molecule has 114 valence electrons. The first kappa shape index (κ1) is 14.4. The van der Waals surface area contributed by atoms with Gasteiger partial charge < -0.3 is 10.2 Å². The van der Waals surface area contributed by atoms with E-state index in [1.807, 2.05) is 0 Å². The molecule has 1 unspecified atom stereocenters. The molecule has 3 aliphatic rings. The number of nitrogens with one attached hydrogen (secondary N) is 1. The number of nitrogens with zero attached hydrogens (tertiary/aromatic N) is 1. The smallest absolute Gasteiger partial charge is 0.117 e. The number of thiocarbonyl (C=S) groups is 1. The minimum Gasteiger partial charge on any atom is -0.371 e. The van der Waals surface area contributed by atoms with E-state index in [1.54, 1.807) is 11.3 Å². The van der Waals surface area contributed by atoms with Crippen LogP contribution in [0.4, 0.5) is 0 Å². The highest BCUT2D eigenvalue weighted by atomic mass is 32.1. The topological polar surface area (TPSA) is 15.3 Å². The molecule has 3 saturated heterocycles. The number of piperidine rings is 3. The van der Waals surface area contributed by atoms with Crippen molar-refractivity contribution in [2.24, 2.45) is 5.92 Å². The van der Waals surface area contributed by atoms with Crippen molar-refractivity contribution in [3.8, 4) is 10.4 Å². The first-order valence-corrected chi connectivity index (χ1v) is 9.20. The van der Waals surface area contributed by atoms with Gasteiger partial charge in [0.15, 0.2) is 0 Å². The largest absolute Gasteiger partial charge is 0.371 e. The lowest BCUT2D eigenvalue weighted by molar-refractivity contribution is 0.0816. The summed E-state index contributed by atoms with van der Waals surface area (Å²) in [7, 11) is 0. The minimum absolute atomic E-state index is 0.539. The second-order valence-electron chi connectivity index (χ2n) is 6.25. The first-order chi connectivity index (χ1) is 10.8. The highest BCUT2D eigenvalue weighted by molar-refractivity contribution is 7.81. The monoisotopic (exact) mass is 328 g/mol. The Balaban J connectivity index is 1.46. The lowest BCUT2D eigenvalue weighted by Crippen LogP contribution is -2.57. The quantitative estimate of drug-likeness (QED) is 0.864. The highest BCUT2D eigenvalue weighted by Gasteiger charge is 2.34. The Morgan fingerprint density at radius 1 is 1.09 bits per heavy atom. The van der Waals surface area contributed by atoms with E-state index in [1.165, 1.54) is 41.2 Å². The average Bonchev–Trinajstić information content (AvgIpc) is 3.07. The summed E-state index contributed by atoms with van der Waals surface area (Å²) in [4.78, 5) is 5.95. The molecule has 0 amide bonds. The number of rotatable bonds is 3. The van der Waals surface area contributed by atoms with E-state index in [0.717, 1.165) is 17.5 Å². The average molecular weight is 329 g/mol. The second kappa shape index (κ2) is 6.11. The fraction of sp³-hybridized carbons (Fsp3) is 0.389. The second-order valence-corrected chi connectivity index (χ2v) is 7.74. The molecule has 0 spiro atoms. The van der Waals surface area contributed by atoms with Gasteiger partial charge in [0, 0.05) is 17.5 Å². The van der Waals surface area contributed by atoms with Gasteiger partial charge in [-0.15, -0.1) is 11.3 Å². The maximum atomic E-state index is 5.66. The van der Waals surface area contributed by atoms with Crippen LogP contribution in [0, 0.1) is 5.92 Å². The van der Waals surface area contributed by atoms with Gasteiger partial charge >= 0.3 is 0 Å². The molecule has 2 aromatic rings. The van der Waals surface area contributed by atoms with Crippen molar-refractivity contribution in [3.05, 3.63) is 47.3 Å². The van der Waals surface area contributed by atoms with Gasteiger partial charge in [-0.3, -0.25) is 0 Å². The van der Waals surface area contributed by atoms with Gasteiger partial charge in [0.05, 0.1) is 4.88 Å². The minimum atomic E-state index is 0.539. The summed E-state index contributed by atoms with van der Waals surface area (Å²) in [6.45, 7) is 3.70. The summed E-state index contributed by atoms with van der Waals surface area (Å²) >= 11 is 7.45. The van der Waals surface area contributed by atoms with Gasteiger partial charge in [0.25, 0.3) is 0 Å². The van der Waals surface area contributed by atoms with Crippen molar-refractivity contribution in [2.75, 3.05) is 19.6 Å². The van der Waals surface area contributed by atoms with Crippen LogP contribution in [0.3, 0.4) is 0 Å². The zero-order chi connectivity index (χ0) is 14.9. The third kappa shape index (κ3) is 2.83. The molecule has 1 aromatic carbocycles. The molecule has 3 aliphatic heterocycles. The maximum Gasteiger partial charge on any atom is 0.117 e. The molecule has 2 bridgehead atoms. The zero-order valence-electron chi connectivity index (χ0n) is 12.5. The van der Waals surface area contributed by atoms with Gasteiger partial charge in [-0.2, -0.15) is 0 Å². The van der Waals surface area contributed by atoms with E-state index >= 15 is 0 Å². The fourth-order valence-electron chi connectivity index (χ4n) is 3.59. The Morgan fingerprint density at radius 3 is 2.55 bits per heavy atom. The van der Waals surface area contributed by atoms with E-state index in [0.29, 0.717) is 6.04 Å². The normalized spacial score (nSPS) is 26.8. The molecule has 4 heteroatoms. The molecule has 0 radical (unpaired) electrons. The predicted molar refractivity (Wildman–Crippen MR) is 97.5 cm³/mol. The summed E-state index contributed by atoms with van der Waals surface area (Å²) < 4.78 is 0. The summed E-state index contributed by atoms with van der Waals surface area (Å²) in [5.41, 5.74) is 1.27. The van der Waals surface area contributed by atoms with Crippen LogP contribution in [0.2, 0.25) is 0 Å². The molecule has 1 aromatic heterocycles. The molecule has 1 N–H and O–H groups in total. The number of hydrogen-bond acceptors (Lipinski definition) is 3. The molecule has 3 fully saturated rings. The molecule has 22 heavy (non-hydrogen) atoms. The molecule has 1 atom stereocenters. The summed E-state index contributed by atoms with van der Waals surface area (Å²) in [6, 6.07) is 15.4. The summed E-state index contributed by atoms with van der Waals surface area (Å²) in [5.74, 6) is 0.802. The van der Waals surface area contributed by atoms with Crippen LogP contribution in [0.5, 0.6) is 0 Å². The summed E-state index contributed by atoms with van der Waals surface area (Å²) in [6.07, 6.45) is 2.64. The molecule has 4 heterocycles. The van der Waals surface area contributed by atoms with E-state index in [4.69, 9.17) is 12.2 Å². The van der Waals surface area contributed by atoms with Gasteiger partial charge in [-0.05, 0) is 49.5 Å². The van der Waals surface area contributed by atoms with Gasteiger partial charge in [0.2, 0.25) is 0 Å². The highest BCUT2D eigenvalue weighted by Crippen LogP contribution is 2.30. The standard InChI is InChI=1S/C18H20N2S2/c21-18(19-15-12-20-10-8-13(15)9-11-20)17-7-6-16(22-17)14-4-2-1-3-5-14/h1-7,13,15H,8-12H2,(H,19,21). The first-order valence-electron chi connectivity index (χ1n) is 7.98. The molecule has 5 rings (SSSR count). The Hall–Kier alpha value is -1.23. The third-order valence-corrected chi connectivity index (χ3v) is 6.48. The van der Waals surface area contributed by atoms with E-state index in [2.05, 4.69) is 52.7 Å². The van der Waals surface area contributed by atoms with E-state index < -0.39 is 0 Å². The Kier molecular flexibility index (Phi) is 3.99. The van der Waals surface area contributed by atoms with Crippen LogP contribution in [0.15, 0.2) is 42.5 Å². The van der Waals surface area contributed by atoms with Crippen molar-refractivity contribution in [1.29, 1.82) is 0 Å². The van der Waals surface area contributed by atoms with Crippen LogP contribution in [0.25, 0.3) is 10.4 Å². The Labute approximate surface area is 141 Å². The van der Waals surface area contributed by atoms with Gasteiger partial charge in [-0.1, -0.05) is 42.5 Å². The molecule has 0 aliphatic carbocycles. The number of thiophene rings is 1. The van der Waals surface area contributed by atoms with Crippen LogP contribution < -0.4 is 5.32 Å². The van der Waals surface area contributed by atoms with Crippen LogP contribution >= 0.6 is 23.6 Å². The van der Waals surface area contributed by atoms with Crippen molar-refractivity contribution in [1.82, 2.24) is 10.2 Å². The Bertz CT molecular complexity index is 657. The van der Waals surface area contributed by atoms with Gasteiger partial charge in [0.1, 0.15) is 4.99 Å². The number of fused-ring (bicyclic) bond motifs is 3. The van der Waals surface area contributed by atoms with Crippen LogP contribution in [-0.4, -0.2) is 35.6 Å². The molecular formula is C18H20N2S2. The van der Waals surface area contributed by atoms with E-state index in [9.17, 15) is 0 Å². The van der Waals surface area contributed by atoms with Crippen LogP contribution in [0.1, 0.15) is 17.7 Å². The molecule has 0 saturated carbocycles.